The molecule has 2 aliphatic heterocycles. The summed E-state index contributed by atoms with van der Waals surface area (Å²) >= 11 is 0. The molecule has 3 aromatic rings. The first-order chi connectivity index (χ1) is 21.6. The minimum atomic E-state index is 0.159. The maximum atomic E-state index is 13.1. The van der Waals surface area contributed by atoms with Gasteiger partial charge < -0.3 is 19.1 Å². The van der Waals surface area contributed by atoms with Crippen molar-refractivity contribution in [1.29, 1.82) is 0 Å². The van der Waals surface area contributed by atoms with Gasteiger partial charge >= 0.3 is 0 Å². The number of fused-ring (bicyclic) bond motifs is 1. The smallest absolute Gasteiger partial charge is 0.225 e. The normalized spacial score (nSPS) is 20.9. The Kier molecular flexibility index (Phi) is 9.74. The van der Waals surface area contributed by atoms with Gasteiger partial charge in [0.15, 0.2) is 0 Å². The molecule has 6 rings (SSSR count). The van der Waals surface area contributed by atoms with Crippen LogP contribution in [0.15, 0.2) is 60.7 Å². The third kappa shape index (κ3) is 6.75. The minimum absolute atomic E-state index is 0.159. The van der Waals surface area contributed by atoms with Crippen LogP contribution in [0.2, 0.25) is 0 Å². The van der Waals surface area contributed by atoms with Crippen LogP contribution in [0.5, 0.6) is 11.8 Å². The van der Waals surface area contributed by atoms with Crippen molar-refractivity contribution in [3.8, 4) is 11.8 Å². The van der Waals surface area contributed by atoms with Gasteiger partial charge in [-0.2, -0.15) is 9.97 Å². The number of hydrogen-bond donors (Lipinski definition) is 0. The van der Waals surface area contributed by atoms with Gasteiger partial charge in [-0.05, 0) is 30.9 Å². The number of hydrogen-bond acceptors (Lipinski definition) is 8. The van der Waals surface area contributed by atoms with E-state index in [0.29, 0.717) is 50.4 Å². The molecule has 2 aromatic carbocycles. The number of benzene rings is 2. The second-order valence-corrected chi connectivity index (χ2v) is 12.1. The fourth-order valence-electron chi connectivity index (χ4n) is 6.94. The largest absolute Gasteiger partial charge is 0.481 e. The highest BCUT2D eigenvalue weighted by atomic mass is 16.5. The summed E-state index contributed by atoms with van der Waals surface area (Å²) in [5.41, 5.74) is 3.49. The molecule has 3 aliphatic rings. The predicted octanol–water partition coefficient (Wildman–Crippen LogP) is 4.33. The van der Waals surface area contributed by atoms with Crippen LogP contribution in [-0.4, -0.2) is 103 Å². The van der Waals surface area contributed by atoms with Crippen molar-refractivity contribution in [2.45, 2.75) is 56.7 Å². The zero-order chi connectivity index (χ0) is 30.5. The number of carbonyl (C=O) groups excluding carboxylic acids is 1. The summed E-state index contributed by atoms with van der Waals surface area (Å²) in [5, 5.41) is 0. The summed E-state index contributed by atoms with van der Waals surface area (Å²) in [4.78, 5) is 30.0. The van der Waals surface area contributed by atoms with Crippen LogP contribution in [0.3, 0.4) is 0 Å². The van der Waals surface area contributed by atoms with Gasteiger partial charge in [0.05, 0.1) is 32.3 Å². The lowest BCUT2D eigenvalue weighted by atomic mass is 9.81. The van der Waals surface area contributed by atoms with E-state index >= 15 is 0 Å². The van der Waals surface area contributed by atoms with Gasteiger partial charge in [-0.3, -0.25) is 14.6 Å². The molecule has 1 saturated carbocycles. The fraction of sp³-hybridized carbons (Fsp3) is 0.514. The molecular weight excluding hydrogens is 554 g/mol. The third-order valence-electron chi connectivity index (χ3n) is 9.19. The van der Waals surface area contributed by atoms with E-state index in [1.807, 2.05) is 11.8 Å². The topological polar surface area (TPSA) is 80.3 Å². The molecule has 3 fully saturated rings. The first-order valence-corrected chi connectivity index (χ1v) is 16.0. The molecule has 3 heterocycles. The second-order valence-electron chi connectivity index (χ2n) is 12.1. The van der Waals surface area contributed by atoms with Crippen molar-refractivity contribution in [2.75, 3.05) is 60.2 Å². The van der Waals surface area contributed by atoms with E-state index in [0.717, 1.165) is 50.4 Å². The van der Waals surface area contributed by atoms with Crippen LogP contribution in [0, 0.1) is 0 Å². The Morgan fingerprint density at radius 1 is 0.909 bits per heavy atom. The van der Waals surface area contributed by atoms with Gasteiger partial charge in [-0.15, -0.1) is 0 Å². The van der Waals surface area contributed by atoms with Crippen LogP contribution in [-0.2, 0) is 16.1 Å². The zero-order valence-corrected chi connectivity index (χ0v) is 26.2. The first-order valence-electron chi connectivity index (χ1n) is 16.0. The Morgan fingerprint density at radius 2 is 1.59 bits per heavy atom. The van der Waals surface area contributed by atoms with Crippen molar-refractivity contribution in [3.63, 3.8) is 0 Å². The number of amides is 1. The number of rotatable bonds is 12. The van der Waals surface area contributed by atoms with Crippen LogP contribution >= 0.6 is 0 Å². The SMILES string of the molecule is CCOc1nc(C2CC2)nc(OC)c1CN1C[C@@H]2CN(C(=O)CCOC)CCN2[C@H](C(c2ccccc2)c2ccccc2)C1. The van der Waals surface area contributed by atoms with E-state index in [1.54, 1.807) is 14.2 Å². The standard InChI is InChI=1S/C35H45N5O4/c1-4-44-35-29(34(43-3)36-33(37-35)27-15-16-27)23-38-21-28-22-39(31(41)17-20-42-2)18-19-40(28)30(24-38)32(25-11-7-5-8-12-25)26-13-9-6-10-14-26/h5-14,27-28,30,32H,4,15-24H2,1-3H3/t28-,30+/m1/s1. The highest BCUT2D eigenvalue weighted by Gasteiger charge is 2.43. The molecular formula is C35H45N5O4. The second kappa shape index (κ2) is 14.1. The quantitative estimate of drug-likeness (QED) is 0.305. The van der Waals surface area contributed by atoms with Crippen molar-refractivity contribution >= 4 is 5.91 Å². The van der Waals surface area contributed by atoms with Crippen molar-refractivity contribution < 1.29 is 19.0 Å². The zero-order valence-electron chi connectivity index (χ0n) is 26.2. The summed E-state index contributed by atoms with van der Waals surface area (Å²) in [7, 11) is 3.33. The van der Waals surface area contributed by atoms with Gasteiger partial charge in [0, 0.05) is 70.3 Å². The highest BCUT2D eigenvalue weighted by Crippen LogP contribution is 2.41. The van der Waals surface area contributed by atoms with Crippen LogP contribution < -0.4 is 9.47 Å². The van der Waals surface area contributed by atoms with Gasteiger partial charge in [-0.25, -0.2) is 0 Å². The van der Waals surface area contributed by atoms with Gasteiger partial charge in [0.2, 0.25) is 17.7 Å². The summed E-state index contributed by atoms with van der Waals surface area (Å²) in [6, 6.07) is 22.1. The van der Waals surface area contributed by atoms with Crippen LogP contribution in [0.1, 0.15) is 60.5 Å². The number of carbonyl (C=O) groups is 1. The molecule has 1 aromatic heterocycles. The monoisotopic (exact) mass is 599 g/mol. The first kappa shape index (κ1) is 30.5. The number of piperazine rings is 2. The van der Waals surface area contributed by atoms with Crippen molar-refractivity contribution in [1.82, 2.24) is 24.7 Å². The maximum absolute atomic E-state index is 13.1. The van der Waals surface area contributed by atoms with Gasteiger partial charge in [0.1, 0.15) is 5.82 Å². The van der Waals surface area contributed by atoms with E-state index < -0.39 is 0 Å². The highest BCUT2D eigenvalue weighted by molar-refractivity contribution is 5.76. The molecule has 0 unspecified atom stereocenters. The molecule has 44 heavy (non-hydrogen) atoms. The summed E-state index contributed by atoms with van der Waals surface area (Å²) in [5.74, 6) is 2.77. The lowest BCUT2D eigenvalue weighted by molar-refractivity contribution is -0.137. The molecule has 1 aliphatic carbocycles. The fourth-order valence-corrected chi connectivity index (χ4v) is 6.94. The Morgan fingerprint density at radius 3 is 2.20 bits per heavy atom. The summed E-state index contributed by atoms with van der Waals surface area (Å²) in [6.45, 7) is 7.50. The molecule has 2 atom stereocenters. The molecule has 2 saturated heterocycles. The summed E-state index contributed by atoms with van der Waals surface area (Å²) < 4.78 is 17.2. The van der Waals surface area contributed by atoms with E-state index in [4.69, 9.17) is 24.2 Å². The summed E-state index contributed by atoms with van der Waals surface area (Å²) in [6.07, 6.45) is 2.63. The average molecular weight is 600 g/mol. The third-order valence-corrected chi connectivity index (χ3v) is 9.19. The van der Waals surface area contributed by atoms with E-state index in [-0.39, 0.29) is 23.9 Å². The van der Waals surface area contributed by atoms with Crippen LogP contribution in [0.25, 0.3) is 0 Å². The van der Waals surface area contributed by atoms with Gasteiger partial charge in [0.25, 0.3) is 0 Å². The van der Waals surface area contributed by atoms with Crippen molar-refractivity contribution in [2.24, 2.45) is 0 Å². The molecule has 9 nitrogen and oxygen atoms in total. The molecule has 0 bridgehead atoms. The van der Waals surface area contributed by atoms with Crippen LogP contribution in [0.4, 0.5) is 0 Å². The molecule has 0 spiro atoms. The average Bonchev–Trinajstić information content (AvgIpc) is 3.91. The minimum Gasteiger partial charge on any atom is -0.481 e. The Bertz CT molecular complexity index is 1350. The Labute approximate surface area is 261 Å². The number of nitrogens with zero attached hydrogens (tertiary/aromatic N) is 5. The lowest BCUT2D eigenvalue weighted by Gasteiger charge is -2.53. The Hall–Kier alpha value is -3.53. The molecule has 0 N–H and O–H groups in total. The van der Waals surface area contributed by atoms with Gasteiger partial charge in [-0.1, -0.05) is 60.7 Å². The van der Waals surface area contributed by atoms with E-state index in [9.17, 15) is 4.79 Å². The Balaban J connectivity index is 1.36. The number of ether oxygens (including phenoxy) is 3. The molecule has 0 radical (unpaired) electrons. The molecule has 1 amide bonds. The number of methoxy groups -OCH3 is 2. The molecule has 9 heteroatoms. The van der Waals surface area contributed by atoms with E-state index in [2.05, 4.69) is 70.5 Å². The number of aromatic nitrogens is 2. The van der Waals surface area contributed by atoms with E-state index in [1.165, 1.54) is 11.1 Å². The molecule has 234 valence electrons. The lowest BCUT2D eigenvalue weighted by Crippen LogP contribution is -2.67. The predicted molar refractivity (Wildman–Crippen MR) is 169 cm³/mol. The van der Waals surface area contributed by atoms with Crippen molar-refractivity contribution in [3.05, 3.63) is 83.2 Å². The maximum Gasteiger partial charge on any atom is 0.225 e.